The summed E-state index contributed by atoms with van der Waals surface area (Å²) in [6, 6.07) is 7.88. The maximum atomic E-state index is 13.6. The topological polar surface area (TPSA) is 58.8 Å². The zero-order chi connectivity index (χ0) is 18.3. The Hall–Kier alpha value is -2.18. The molecule has 27 heavy (non-hydrogen) atoms. The molecule has 142 valence electrons. The number of pyridine rings is 1. The third-order valence-electron chi connectivity index (χ3n) is 6.05. The van der Waals surface area contributed by atoms with E-state index < -0.39 is 5.60 Å². The molecule has 3 fully saturated rings. The van der Waals surface area contributed by atoms with E-state index in [4.69, 9.17) is 9.15 Å². The Kier molecular flexibility index (Phi) is 4.25. The first-order valence-corrected chi connectivity index (χ1v) is 9.82. The monoisotopic (exact) mass is 367 g/mol. The molecule has 1 spiro atoms. The smallest absolute Gasteiger partial charge is 0.256 e. The van der Waals surface area contributed by atoms with E-state index in [0.29, 0.717) is 32.2 Å². The van der Waals surface area contributed by atoms with Crippen LogP contribution in [0.2, 0.25) is 0 Å². The van der Waals surface area contributed by atoms with Crippen molar-refractivity contribution in [3.63, 3.8) is 0 Å². The zero-order valence-electron chi connectivity index (χ0n) is 15.4. The van der Waals surface area contributed by atoms with E-state index in [1.54, 1.807) is 12.5 Å². The van der Waals surface area contributed by atoms with Gasteiger partial charge in [-0.1, -0.05) is 6.07 Å². The second kappa shape index (κ2) is 6.77. The number of furan rings is 1. The van der Waals surface area contributed by atoms with Crippen molar-refractivity contribution in [1.82, 2.24) is 14.8 Å². The van der Waals surface area contributed by atoms with Crippen LogP contribution < -0.4 is 0 Å². The molecule has 0 unspecified atom stereocenters. The number of hydrogen-bond acceptors (Lipinski definition) is 5. The molecule has 0 N–H and O–H groups in total. The highest BCUT2D eigenvalue weighted by Crippen LogP contribution is 2.43. The summed E-state index contributed by atoms with van der Waals surface area (Å²) in [6.07, 6.45) is 7.83. The molecule has 6 heteroatoms. The highest BCUT2D eigenvalue weighted by atomic mass is 16.5. The van der Waals surface area contributed by atoms with Crippen LogP contribution in [0.25, 0.3) is 0 Å². The van der Waals surface area contributed by atoms with Gasteiger partial charge in [0.25, 0.3) is 5.91 Å². The van der Waals surface area contributed by atoms with Gasteiger partial charge in [-0.15, -0.1) is 0 Å². The lowest BCUT2D eigenvalue weighted by Crippen LogP contribution is -2.60. The van der Waals surface area contributed by atoms with E-state index in [2.05, 4.69) is 16.0 Å². The average Bonchev–Trinajstić information content (AvgIpc) is 3.22. The lowest BCUT2D eigenvalue weighted by atomic mass is 9.83. The molecule has 4 heterocycles. The molecule has 1 amide bonds. The second-order valence-electron chi connectivity index (χ2n) is 8.02. The summed E-state index contributed by atoms with van der Waals surface area (Å²) in [4.78, 5) is 22.2. The van der Waals surface area contributed by atoms with Crippen molar-refractivity contribution in [2.45, 2.75) is 30.9 Å². The van der Waals surface area contributed by atoms with E-state index in [-0.39, 0.29) is 11.8 Å². The number of carbonyl (C=O) groups is 1. The van der Waals surface area contributed by atoms with E-state index >= 15 is 0 Å². The summed E-state index contributed by atoms with van der Waals surface area (Å²) in [5.41, 5.74) is 0.254. The minimum absolute atomic E-state index is 0.0179. The van der Waals surface area contributed by atoms with Gasteiger partial charge in [0.1, 0.15) is 5.76 Å². The van der Waals surface area contributed by atoms with Gasteiger partial charge in [0.05, 0.1) is 19.4 Å². The van der Waals surface area contributed by atoms with Crippen LogP contribution in [0, 0.1) is 5.92 Å². The third-order valence-corrected chi connectivity index (χ3v) is 6.05. The predicted octanol–water partition coefficient (Wildman–Crippen LogP) is 2.28. The first kappa shape index (κ1) is 17.0. The number of hydrogen-bond donors (Lipinski definition) is 0. The molecule has 0 radical (unpaired) electrons. The Bertz CT molecular complexity index is 790. The number of aromatic nitrogens is 1. The van der Waals surface area contributed by atoms with E-state index in [9.17, 15) is 4.79 Å². The van der Waals surface area contributed by atoms with Crippen molar-refractivity contribution in [2.75, 3.05) is 32.8 Å². The molecule has 0 aromatic carbocycles. The summed E-state index contributed by atoms with van der Waals surface area (Å²) in [7, 11) is 0. The Morgan fingerprint density at radius 3 is 2.93 bits per heavy atom. The first-order chi connectivity index (χ1) is 13.2. The predicted molar refractivity (Wildman–Crippen MR) is 99.0 cm³/mol. The van der Waals surface area contributed by atoms with Crippen LogP contribution >= 0.6 is 0 Å². The van der Waals surface area contributed by atoms with Gasteiger partial charge in [-0.2, -0.15) is 0 Å². The van der Waals surface area contributed by atoms with Crippen LogP contribution in [0.5, 0.6) is 0 Å². The van der Waals surface area contributed by atoms with Crippen LogP contribution in [-0.2, 0) is 16.1 Å². The van der Waals surface area contributed by atoms with E-state index in [1.165, 1.54) is 12.8 Å². The maximum Gasteiger partial charge on any atom is 0.256 e. The standard InChI is InChI=1S/C21H25N3O3/c25-20-21(27-10-8-24(20)12-16-5-6-16)15-23(13-18-4-2-9-26-18)14-19(21)17-3-1-7-22-11-17/h1-4,7,9,11,16,19H,5-6,8,10,12-15H2/t19-,21-/m0/s1. The number of amides is 1. The van der Waals surface area contributed by atoms with E-state index in [1.807, 2.05) is 29.3 Å². The fourth-order valence-electron chi connectivity index (χ4n) is 4.53. The summed E-state index contributed by atoms with van der Waals surface area (Å²) >= 11 is 0. The van der Waals surface area contributed by atoms with Crippen LogP contribution in [0.15, 0.2) is 47.3 Å². The summed E-state index contributed by atoms with van der Waals surface area (Å²) in [5.74, 6) is 1.73. The molecule has 1 aliphatic carbocycles. The van der Waals surface area contributed by atoms with Crippen LogP contribution in [0.4, 0.5) is 0 Å². The minimum Gasteiger partial charge on any atom is -0.468 e. The first-order valence-electron chi connectivity index (χ1n) is 9.82. The van der Waals surface area contributed by atoms with Crippen molar-refractivity contribution in [3.05, 3.63) is 54.2 Å². The summed E-state index contributed by atoms with van der Waals surface area (Å²) in [5, 5.41) is 0. The van der Waals surface area contributed by atoms with Gasteiger partial charge in [0.15, 0.2) is 5.60 Å². The second-order valence-corrected chi connectivity index (χ2v) is 8.02. The van der Waals surface area contributed by atoms with E-state index in [0.717, 1.165) is 24.4 Å². The molecule has 3 aliphatic rings. The van der Waals surface area contributed by atoms with Gasteiger partial charge in [0, 0.05) is 44.5 Å². The number of rotatable bonds is 5. The van der Waals surface area contributed by atoms with Crippen LogP contribution in [-0.4, -0.2) is 59.1 Å². The summed E-state index contributed by atoms with van der Waals surface area (Å²) in [6.45, 7) is 4.22. The van der Waals surface area contributed by atoms with Crippen LogP contribution in [0.1, 0.15) is 30.1 Å². The average molecular weight is 367 g/mol. The lowest BCUT2D eigenvalue weighted by Gasteiger charge is -2.42. The van der Waals surface area contributed by atoms with Crippen molar-refractivity contribution in [1.29, 1.82) is 0 Å². The Balaban J connectivity index is 1.45. The molecule has 1 saturated carbocycles. The van der Waals surface area contributed by atoms with Crippen molar-refractivity contribution >= 4 is 5.91 Å². The highest BCUT2D eigenvalue weighted by molar-refractivity contribution is 5.88. The molecule has 2 aliphatic heterocycles. The number of morpholine rings is 1. The zero-order valence-corrected chi connectivity index (χ0v) is 15.4. The molecule has 2 atom stereocenters. The molecular weight excluding hydrogens is 342 g/mol. The number of carbonyl (C=O) groups excluding carboxylic acids is 1. The van der Waals surface area contributed by atoms with Gasteiger partial charge in [-0.05, 0) is 42.5 Å². The fourth-order valence-corrected chi connectivity index (χ4v) is 4.53. The third kappa shape index (κ3) is 3.17. The molecular formula is C21H25N3O3. The van der Waals surface area contributed by atoms with Crippen molar-refractivity contribution in [2.24, 2.45) is 5.92 Å². The van der Waals surface area contributed by atoms with Crippen molar-refractivity contribution in [3.8, 4) is 0 Å². The molecule has 2 aromatic rings. The van der Waals surface area contributed by atoms with Gasteiger partial charge in [-0.3, -0.25) is 14.7 Å². The number of likely N-dealkylation sites (tertiary alicyclic amines) is 1. The Morgan fingerprint density at radius 2 is 2.19 bits per heavy atom. The largest absolute Gasteiger partial charge is 0.468 e. The number of ether oxygens (including phenoxy) is 1. The highest BCUT2D eigenvalue weighted by Gasteiger charge is 2.57. The quantitative estimate of drug-likeness (QED) is 0.811. The van der Waals surface area contributed by atoms with Gasteiger partial charge in [-0.25, -0.2) is 0 Å². The molecule has 2 aromatic heterocycles. The van der Waals surface area contributed by atoms with Gasteiger partial charge < -0.3 is 14.1 Å². The minimum atomic E-state index is -0.817. The Labute approximate surface area is 159 Å². The molecule has 2 saturated heterocycles. The number of nitrogens with zero attached hydrogens (tertiary/aromatic N) is 3. The normalized spacial score (nSPS) is 29.0. The molecule has 6 nitrogen and oxygen atoms in total. The lowest BCUT2D eigenvalue weighted by molar-refractivity contribution is -0.172. The Morgan fingerprint density at radius 1 is 1.26 bits per heavy atom. The van der Waals surface area contributed by atoms with Gasteiger partial charge >= 0.3 is 0 Å². The molecule has 5 rings (SSSR count). The summed E-state index contributed by atoms with van der Waals surface area (Å²) < 4.78 is 11.8. The fraction of sp³-hybridized carbons (Fsp3) is 0.524. The maximum absolute atomic E-state index is 13.6. The van der Waals surface area contributed by atoms with Crippen molar-refractivity contribution < 1.29 is 13.9 Å². The SMILES string of the molecule is O=C1N(CC2CC2)CCO[C@]12CN(Cc1ccco1)C[C@H]2c1cccnc1. The van der Waals surface area contributed by atoms with Gasteiger partial charge in [0.2, 0.25) is 0 Å². The molecule has 0 bridgehead atoms. The van der Waals surface area contributed by atoms with Crippen LogP contribution in [0.3, 0.4) is 0 Å².